The molecular formula is C22H31N3O3S. The van der Waals surface area contributed by atoms with Crippen molar-refractivity contribution in [2.24, 2.45) is 0 Å². The van der Waals surface area contributed by atoms with Crippen LogP contribution in [0.4, 0.5) is 0 Å². The summed E-state index contributed by atoms with van der Waals surface area (Å²) in [5.41, 5.74) is 2.98. The van der Waals surface area contributed by atoms with Gasteiger partial charge in [0.15, 0.2) is 0 Å². The number of ether oxygens (including phenoxy) is 1. The Balaban J connectivity index is 1.46. The molecule has 0 aromatic heterocycles. The highest BCUT2D eigenvalue weighted by molar-refractivity contribution is 7.89. The van der Waals surface area contributed by atoms with Crippen molar-refractivity contribution >= 4 is 10.0 Å². The zero-order valence-electron chi connectivity index (χ0n) is 17.5. The van der Waals surface area contributed by atoms with Crippen molar-refractivity contribution in [2.75, 3.05) is 46.4 Å². The van der Waals surface area contributed by atoms with Crippen molar-refractivity contribution in [3.63, 3.8) is 0 Å². The average Bonchev–Trinajstić information content (AvgIpc) is 2.70. The molecule has 0 unspecified atom stereocenters. The summed E-state index contributed by atoms with van der Waals surface area (Å²) in [6.07, 6.45) is 0. The summed E-state index contributed by atoms with van der Waals surface area (Å²) in [4.78, 5) is 5.05. The molecule has 1 saturated heterocycles. The van der Waals surface area contributed by atoms with E-state index < -0.39 is 10.0 Å². The first kappa shape index (κ1) is 21.8. The molecule has 1 aliphatic heterocycles. The maximum atomic E-state index is 12.7. The lowest BCUT2D eigenvalue weighted by atomic mass is 10.1. The Labute approximate surface area is 174 Å². The molecule has 0 atom stereocenters. The highest BCUT2D eigenvalue weighted by Crippen LogP contribution is 2.26. The molecule has 7 heteroatoms. The van der Waals surface area contributed by atoms with Gasteiger partial charge in [-0.1, -0.05) is 30.3 Å². The van der Waals surface area contributed by atoms with Crippen molar-refractivity contribution in [1.82, 2.24) is 14.5 Å². The van der Waals surface area contributed by atoms with E-state index in [1.807, 2.05) is 19.9 Å². The molecule has 0 radical (unpaired) electrons. The number of rotatable bonds is 8. The quantitative estimate of drug-likeness (QED) is 0.715. The third-order valence-corrected chi connectivity index (χ3v) is 6.82. The van der Waals surface area contributed by atoms with E-state index >= 15 is 0 Å². The number of hydrogen-bond acceptors (Lipinski definition) is 5. The number of sulfonamides is 1. The number of nitrogens with one attached hydrogen (secondary N) is 1. The van der Waals surface area contributed by atoms with Gasteiger partial charge in [-0.25, -0.2) is 13.1 Å². The molecule has 1 fully saturated rings. The smallest absolute Gasteiger partial charge is 0.240 e. The third kappa shape index (κ3) is 5.79. The van der Waals surface area contributed by atoms with Gasteiger partial charge in [0.1, 0.15) is 5.75 Å². The van der Waals surface area contributed by atoms with Crippen LogP contribution in [0.15, 0.2) is 47.4 Å². The second kappa shape index (κ2) is 9.71. The summed E-state index contributed by atoms with van der Waals surface area (Å²) in [5.74, 6) is 0.734. The monoisotopic (exact) mass is 417 g/mol. The molecule has 2 aromatic rings. The van der Waals surface area contributed by atoms with Crippen LogP contribution < -0.4 is 9.46 Å². The van der Waals surface area contributed by atoms with E-state index in [-0.39, 0.29) is 0 Å². The maximum absolute atomic E-state index is 12.7. The molecule has 0 saturated carbocycles. The van der Waals surface area contributed by atoms with Gasteiger partial charge in [0.2, 0.25) is 10.0 Å². The van der Waals surface area contributed by atoms with Crippen LogP contribution in [0.5, 0.6) is 5.75 Å². The molecule has 0 amide bonds. The molecule has 0 aliphatic carbocycles. The summed E-state index contributed by atoms with van der Waals surface area (Å²) >= 11 is 0. The lowest BCUT2D eigenvalue weighted by Crippen LogP contribution is -2.48. The van der Waals surface area contributed by atoms with Gasteiger partial charge in [0.25, 0.3) is 0 Å². The van der Waals surface area contributed by atoms with Gasteiger partial charge in [0.05, 0.1) is 12.0 Å². The van der Waals surface area contributed by atoms with Crippen molar-refractivity contribution in [2.45, 2.75) is 25.3 Å². The van der Waals surface area contributed by atoms with Gasteiger partial charge < -0.3 is 4.74 Å². The first-order valence-electron chi connectivity index (χ1n) is 10.0. The normalized spacial score (nSPS) is 16.1. The zero-order chi connectivity index (χ0) is 20.9. The Hall–Kier alpha value is -1.93. The van der Waals surface area contributed by atoms with E-state index in [1.165, 1.54) is 5.56 Å². The molecule has 1 heterocycles. The molecule has 1 aliphatic rings. The number of methoxy groups -OCH3 is 1. The lowest BCUT2D eigenvalue weighted by molar-refractivity contribution is 0.129. The van der Waals surface area contributed by atoms with Crippen LogP contribution in [0.2, 0.25) is 0 Å². The van der Waals surface area contributed by atoms with E-state index in [4.69, 9.17) is 4.74 Å². The zero-order valence-corrected chi connectivity index (χ0v) is 18.3. The molecule has 6 nitrogen and oxygen atoms in total. The van der Waals surface area contributed by atoms with Crippen LogP contribution >= 0.6 is 0 Å². The first-order valence-corrected chi connectivity index (χ1v) is 11.5. The van der Waals surface area contributed by atoms with Crippen LogP contribution in [0.3, 0.4) is 0 Å². The van der Waals surface area contributed by atoms with Crippen molar-refractivity contribution in [3.05, 3.63) is 59.2 Å². The fourth-order valence-electron chi connectivity index (χ4n) is 3.82. The van der Waals surface area contributed by atoms with Gasteiger partial charge in [-0.15, -0.1) is 0 Å². The van der Waals surface area contributed by atoms with Crippen molar-refractivity contribution in [1.29, 1.82) is 0 Å². The summed E-state index contributed by atoms with van der Waals surface area (Å²) in [5, 5.41) is 0. The van der Waals surface area contributed by atoms with Crippen molar-refractivity contribution in [3.8, 4) is 5.75 Å². The van der Waals surface area contributed by atoms with E-state index in [9.17, 15) is 8.42 Å². The van der Waals surface area contributed by atoms with Gasteiger partial charge in [0, 0.05) is 45.8 Å². The van der Waals surface area contributed by atoms with Crippen LogP contribution in [0.25, 0.3) is 0 Å². The number of benzene rings is 2. The summed E-state index contributed by atoms with van der Waals surface area (Å²) in [6, 6.07) is 13.8. The number of hydrogen-bond donors (Lipinski definition) is 1. The van der Waals surface area contributed by atoms with Gasteiger partial charge in [-0.3, -0.25) is 9.80 Å². The minimum absolute atomic E-state index is 0.293. The molecule has 2 aromatic carbocycles. The second-order valence-corrected chi connectivity index (χ2v) is 9.36. The fraction of sp³-hybridized carbons (Fsp3) is 0.455. The van der Waals surface area contributed by atoms with Gasteiger partial charge in [-0.05, 0) is 42.7 Å². The maximum Gasteiger partial charge on any atom is 0.240 e. The SMILES string of the molecule is COc1c(C)cc(S(=O)(=O)NCCN2CCN(Cc3ccccc3)CC2)cc1C. The Morgan fingerprint density at radius 3 is 2.14 bits per heavy atom. The van der Waals surface area contributed by atoms with E-state index in [2.05, 4.69) is 38.8 Å². The number of piperazine rings is 1. The highest BCUT2D eigenvalue weighted by Gasteiger charge is 2.19. The summed E-state index contributed by atoms with van der Waals surface area (Å²) in [7, 11) is -1.93. The Bertz CT molecular complexity index is 885. The van der Waals surface area contributed by atoms with E-state index in [0.717, 1.165) is 49.6 Å². The van der Waals surface area contributed by atoms with E-state index in [1.54, 1.807) is 19.2 Å². The first-order chi connectivity index (χ1) is 13.9. The predicted octanol–water partition coefficient (Wildman–Crippen LogP) is 2.41. The van der Waals surface area contributed by atoms with Crippen LogP contribution in [-0.4, -0.2) is 64.6 Å². The largest absolute Gasteiger partial charge is 0.496 e. The van der Waals surface area contributed by atoms with Gasteiger partial charge >= 0.3 is 0 Å². The molecule has 3 rings (SSSR count). The Kier molecular flexibility index (Phi) is 7.29. The molecular weight excluding hydrogens is 386 g/mol. The third-order valence-electron chi connectivity index (χ3n) is 5.38. The molecule has 158 valence electrons. The second-order valence-electron chi connectivity index (χ2n) is 7.59. The minimum atomic E-state index is -3.53. The molecule has 1 N–H and O–H groups in total. The highest BCUT2D eigenvalue weighted by atomic mass is 32.2. The average molecular weight is 418 g/mol. The lowest BCUT2D eigenvalue weighted by Gasteiger charge is -2.34. The number of nitrogens with zero attached hydrogens (tertiary/aromatic N) is 2. The topological polar surface area (TPSA) is 61.9 Å². The van der Waals surface area contributed by atoms with Crippen LogP contribution in [0, 0.1) is 13.8 Å². The minimum Gasteiger partial charge on any atom is -0.496 e. The summed E-state index contributed by atoms with van der Waals surface area (Å²) in [6.45, 7) is 9.72. The Morgan fingerprint density at radius 1 is 0.966 bits per heavy atom. The molecule has 0 bridgehead atoms. The van der Waals surface area contributed by atoms with Crippen molar-refractivity contribution < 1.29 is 13.2 Å². The van der Waals surface area contributed by atoms with E-state index in [0.29, 0.717) is 18.0 Å². The summed E-state index contributed by atoms with van der Waals surface area (Å²) < 4.78 is 33.4. The van der Waals surface area contributed by atoms with Crippen LogP contribution in [0.1, 0.15) is 16.7 Å². The predicted molar refractivity (Wildman–Crippen MR) is 116 cm³/mol. The fourth-order valence-corrected chi connectivity index (χ4v) is 5.01. The molecule has 0 spiro atoms. The molecule has 29 heavy (non-hydrogen) atoms. The number of aryl methyl sites for hydroxylation is 2. The standard InChI is InChI=1S/C22H31N3O3S/c1-18-15-21(16-19(2)22(18)28-3)29(26,27)23-9-10-24-11-13-25(14-12-24)17-20-7-5-4-6-8-20/h4-8,15-16,23H,9-14,17H2,1-3H3. The Morgan fingerprint density at radius 2 is 1.55 bits per heavy atom. The van der Waals surface area contributed by atoms with Gasteiger partial charge in [-0.2, -0.15) is 0 Å². The van der Waals surface area contributed by atoms with Crippen LogP contribution in [-0.2, 0) is 16.6 Å².